The van der Waals surface area contributed by atoms with Gasteiger partial charge in [-0.05, 0) is 18.4 Å². The molecule has 0 aromatic heterocycles. The molecule has 0 heterocycles. The van der Waals surface area contributed by atoms with Gasteiger partial charge in [-0.3, -0.25) is 19.7 Å². The number of carbonyl (C=O) groups excluding carboxylic acids is 2. The number of ether oxygens (including phenoxy) is 1. The van der Waals surface area contributed by atoms with Crippen LogP contribution >= 0.6 is 0 Å². The second kappa shape index (κ2) is 9.97. The van der Waals surface area contributed by atoms with E-state index in [1.54, 1.807) is 0 Å². The third-order valence-electron chi connectivity index (χ3n) is 3.18. The summed E-state index contributed by atoms with van der Waals surface area (Å²) < 4.78 is 5.12. The Labute approximate surface area is 149 Å². The van der Waals surface area contributed by atoms with Crippen molar-refractivity contribution in [3.63, 3.8) is 0 Å². The third kappa shape index (κ3) is 7.60. The quantitative estimate of drug-likeness (QED) is 0.407. The fourth-order valence-corrected chi connectivity index (χ4v) is 2.00. The highest BCUT2D eigenvalue weighted by atomic mass is 16.6. The predicted octanol–water partition coefficient (Wildman–Crippen LogP) is 0.705. The molecule has 1 aromatic carbocycles. The molecule has 0 saturated carbocycles. The first-order valence-corrected chi connectivity index (χ1v) is 7.85. The molecule has 0 aliphatic carbocycles. The number of hydrogen-bond acceptors (Lipinski definition) is 6. The molecular formula is C16H21N3O7. The van der Waals surface area contributed by atoms with E-state index in [-0.39, 0.29) is 23.8 Å². The minimum absolute atomic E-state index is 0.0781. The molecule has 0 fully saturated rings. The summed E-state index contributed by atoms with van der Waals surface area (Å²) in [5.74, 6) is -2.19. The molecule has 1 atom stereocenters. The first-order valence-electron chi connectivity index (χ1n) is 7.85. The molecule has 1 aromatic rings. The summed E-state index contributed by atoms with van der Waals surface area (Å²) in [4.78, 5) is 44.5. The number of nitrogens with one attached hydrogen (secondary N) is 2. The van der Waals surface area contributed by atoms with Crippen LogP contribution in [-0.2, 0) is 14.4 Å². The minimum atomic E-state index is -1.15. The molecule has 0 bridgehead atoms. The molecule has 1 rings (SSSR count). The van der Waals surface area contributed by atoms with Gasteiger partial charge in [0, 0.05) is 6.07 Å². The fraction of sp³-hybridized carbons (Fsp3) is 0.438. The maximum Gasteiger partial charge on any atom is 0.326 e. The van der Waals surface area contributed by atoms with E-state index in [2.05, 4.69) is 10.6 Å². The number of non-ortho nitro benzene ring substituents is 1. The maximum atomic E-state index is 11.7. The number of amides is 2. The zero-order valence-corrected chi connectivity index (χ0v) is 14.4. The summed E-state index contributed by atoms with van der Waals surface area (Å²) in [6.07, 6.45) is 0.269. The molecule has 26 heavy (non-hydrogen) atoms. The summed E-state index contributed by atoms with van der Waals surface area (Å²) >= 11 is 0. The second-order valence-corrected chi connectivity index (χ2v) is 5.91. The fourth-order valence-electron chi connectivity index (χ4n) is 2.00. The van der Waals surface area contributed by atoms with Crippen molar-refractivity contribution in [3.05, 3.63) is 34.4 Å². The Kier molecular flexibility index (Phi) is 8.00. The SMILES string of the molecule is CC(C)C[C@H](NC(=O)CNC(=O)COc1cccc([N+](=O)[O-])c1)C(=O)O. The monoisotopic (exact) mass is 367 g/mol. The Hall–Kier alpha value is -3.17. The number of nitrogens with zero attached hydrogens (tertiary/aromatic N) is 1. The van der Waals surface area contributed by atoms with Gasteiger partial charge in [0.25, 0.3) is 11.6 Å². The van der Waals surface area contributed by atoms with Gasteiger partial charge in [-0.1, -0.05) is 19.9 Å². The maximum absolute atomic E-state index is 11.7. The van der Waals surface area contributed by atoms with Crippen LogP contribution in [0.3, 0.4) is 0 Å². The molecule has 0 unspecified atom stereocenters. The summed E-state index contributed by atoms with van der Waals surface area (Å²) in [5, 5.41) is 24.3. The van der Waals surface area contributed by atoms with Crippen molar-refractivity contribution in [1.82, 2.24) is 10.6 Å². The van der Waals surface area contributed by atoms with Crippen molar-refractivity contribution in [2.45, 2.75) is 26.3 Å². The summed E-state index contributed by atoms with van der Waals surface area (Å²) in [5.41, 5.74) is -0.174. The molecule has 0 spiro atoms. The summed E-state index contributed by atoms with van der Waals surface area (Å²) in [6.45, 7) is 2.81. The van der Waals surface area contributed by atoms with Crippen LogP contribution in [0.15, 0.2) is 24.3 Å². The molecule has 10 heteroatoms. The van der Waals surface area contributed by atoms with Crippen molar-refractivity contribution in [2.24, 2.45) is 5.92 Å². The number of benzene rings is 1. The van der Waals surface area contributed by atoms with Gasteiger partial charge in [-0.15, -0.1) is 0 Å². The highest BCUT2D eigenvalue weighted by Crippen LogP contribution is 2.18. The van der Waals surface area contributed by atoms with Gasteiger partial charge < -0.3 is 20.5 Å². The van der Waals surface area contributed by atoms with E-state index in [1.807, 2.05) is 13.8 Å². The van der Waals surface area contributed by atoms with E-state index < -0.39 is 41.9 Å². The number of aliphatic carboxylic acids is 1. The largest absolute Gasteiger partial charge is 0.484 e. The number of hydrogen-bond donors (Lipinski definition) is 3. The van der Waals surface area contributed by atoms with E-state index in [4.69, 9.17) is 9.84 Å². The van der Waals surface area contributed by atoms with Gasteiger partial charge in [-0.25, -0.2) is 4.79 Å². The average molecular weight is 367 g/mol. The molecule has 10 nitrogen and oxygen atoms in total. The van der Waals surface area contributed by atoms with Crippen LogP contribution in [0, 0.1) is 16.0 Å². The van der Waals surface area contributed by atoms with E-state index in [0.29, 0.717) is 0 Å². The van der Waals surface area contributed by atoms with E-state index >= 15 is 0 Å². The molecule has 0 aliphatic rings. The van der Waals surface area contributed by atoms with E-state index in [9.17, 15) is 24.5 Å². The molecular weight excluding hydrogens is 346 g/mol. The second-order valence-electron chi connectivity index (χ2n) is 5.91. The predicted molar refractivity (Wildman–Crippen MR) is 90.6 cm³/mol. The van der Waals surface area contributed by atoms with Gasteiger partial charge >= 0.3 is 5.97 Å². The van der Waals surface area contributed by atoms with Crippen molar-refractivity contribution < 1.29 is 29.2 Å². The molecule has 2 amide bonds. The van der Waals surface area contributed by atoms with Crippen molar-refractivity contribution in [2.75, 3.05) is 13.2 Å². The lowest BCUT2D eigenvalue weighted by Crippen LogP contribution is -2.46. The molecule has 0 saturated heterocycles. The van der Waals surface area contributed by atoms with Crippen LogP contribution in [-0.4, -0.2) is 47.0 Å². The van der Waals surface area contributed by atoms with Crippen LogP contribution in [0.25, 0.3) is 0 Å². The molecule has 0 radical (unpaired) electrons. The van der Waals surface area contributed by atoms with Crippen LogP contribution in [0.4, 0.5) is 5.69 Å². The van der Waals surface area contributed by atoms with E-state index in [1.165, 1.54) is 24.3 Å². The number of carboxylic acids is 1. The zero-order valence-electron chi connectivity index (χ0n) is 14.4. The first-order chi connectivity index (χ1) is 12.2. The van der Waals surface area contributed by atoms with Crippen molar-refractivity contribution >= 4 is 23.5 Å². The lowest BCUT2D eigenvalue weighted by molar-refractivity contribution is -0.384. The minimum Gasteiger partial charge on any atom is -0.484 e. The van der Waals surface area contributed by atoms with E-state index in [0.717, 1.165) is 0 Å². The zero-order chi connectivity index (χ0) is 19.7. The lowest BCUT2D eigenvalue weighted by Gasteiger charge is -2.16. The third-order valence-corrected chi connectivity index (χ3v) is 3.18. The topological polar surface area (TPSA) is 148 Å². The van der Waals surface area contributed by atoms with Crippen molar-refractivity contribution in [3.8, 4) is 5.75 Å². The highest BCUT2D eigenvalue weighted by Gasteiger charge is 2.21. The Balaban J connectivity index is 2.41. The number of carbonyl (C=O) groups is 3. The number of rotatable bonds is 10. The summed E-state index contributed by atoms with van der Waals surface area (Å²) in [7, 11) is 0. The van der Waals surface area contributed by atoms with Crippen LogP contribution < -0.4 is 15.4 Å². The van der Waals surface area contributed by atoms with Gasteiger partial charge in [-0.2, -0.15) is 0 Å². The molecule has 0 aliphatic heterocycles. The Morgan fingerprint density at radius 3 is 2.54 bits per heavy atom. The number of nitro groups is 1. The van der Waals surface area contributed by atoms with Gasteiger partial charge in [0.1, 0.15) is 11.8 Å². The normalized spacial score (nSPS) is 11.5. The smallest absolute Gasteiger partial charge is 0.326 e. The Bertz CT molecular complexity index is 676. The first kappa shape index (κ1) is 20.9. The Morgan fingerprint density at radius 2 is 1.96 bits per heavy atom. The van der Waals surface area contributed by atoms with Crippen LogP contribution in [0.5, 0.6) is 5.75 Å². The lowest BCUT2D eigenvalue weighted by atomic mass is 10.0. The highest BCUT2D eigenvalue weighted by molar-refractivity contribution is 5.88. The number of carboxylic acid groups (broad SMARTS) is 1. The molecule has 142 valence electrons. The number of nitro benzene ring substituents is 1. The van der Waals surface area contributed by atoms with Crippen LogP contribution in [0.1, 0.15) is 20.3 Å². The standard InChI is InChI=1S/C16H21N3O7/c1-10(2)6-13(16(22)23)18-14(20)8-17-15(21)9-26-12-5-3-4-11(7-12)19(24)25/h3-5,7,10,13H,6,8-9H2,1-2H3,(H,17,21)(H,18,20)(H,22,23)/t13-/m0/s1. The average Bonchev–Trinajstić information content (AvgIpc) is 2.57. The Morgan fingerprint density at radius 1 is 1.27 bits per heavy atom. The van der Waals surface area contributed by atoms with Crippen molar-refractivity contribution in [1.29, 1.82) is 0 Å². The summed E-state index contributed by atoms with van der Waals surface area (Å²) in [6, 6.07) is 4.30. The van der Waals surface area contributed by atoms with Gasteiger partial charge in [0.05, 0.1) is 17.5 Å². The van der Waals surface area contributed by atoms with Crippen LogP contribution in [0.2, 0.25) is 0 Å². The molecule has 3 N–H and O–H groups in total. The van der Waals surface area contributed by atoms with Gasteiger partial charge in [0.15, 0.2) is 6.61 Å². The van der Waals surface area contributed by atoms with Gasteiger partial charge in [0.2, 0.25) is 5.91 Å².